The summed E-state index contributed by atoms with van der Waals surface area (Å²) in [5.74, 6) is -0.504. The zero-order valence-electron chi connectivity index (χ0n) is 11.5. The van der Waals surface area contributed by atoms with Crippen LogP contribution in [-0.2, 0) is 9.47 Å². The summed E-state index contributed by atoms with van der Waals surface area (Å²) in [7, 11) is 0. The lowest BCUT2D eigenvalue weighted by Gasteiger charge is -2.38. The Morgan fingerprint density at radius 2 is 2.10 bits per heavy atom. The second-order valence-electron chi connectivity index (χ2n) is 5.40. The highest BCUT2D eigenvalue weighted by Gasteiger charge is 2.42. The molecule has 1 aromatic carbocycles. The molecule has 20 heavy (non-hydrogen) atoms. The van der Waals surface area contributed by atoms with Gasteiger partial charge in [-0.05, 0) is 31.0 Å². The highest BCUT2D eigenvalue weighted by Crippen LogP contribution is 2.31. The molecule has 4 nitrogen and oxygen atoms in total. The third-order valence-corrected chi connectivity index (χ3v) is 4.44. The number of likely N-dealkylation sites (tertiary alicyclic amines) is 1. The molecule has 1 amide bonds. The highest BCUT2D eigenvalue weighted by molar-refractivity contribution is 9.10. The molecule has 0 aromatic heterocycles. The predicted molar refractivity (Wildman–Crippen MR) is 78.7 cm³/mol. The van der Waals surface area contributed by atoms with Crippen LogP contribution in [-0.4, -0.2) is 42.9 Å². The van der Waals surface area contributed by atoms with E-state index in [1.165, 1.54) is 0 Å². The third-order valence-electron chi connectivity index (χ3n) is 3.95. The molecule has 2 saturated heterocycles. The fourth-order valence-electron chi connectivity index (χ4n) is 2.89. The molecule has 0 saturated carbocycles. The quantitative estimate of drug-likeness (QED) is 0.789. The minimum atomic E-state index is -0.562. The summed E-state index contributed by atoms with van der Waals surface area (Å²) in [5, 5.41) is 0. The van der Waals surface area contributed by atoms with Crippen molar-refractivity contribution in [2.24, 2.45) is 0 Å². The molecule has 1 aromatic rings. The van der Waals surface area contributed by atoms with Crippen molar-refractivity contribution in [1.82, 2.24) is 4.90 Å². The summed E-state index contributed by atoms with van der Waals surface area (Å²) in [5.41, 5.74) is 1.74. The SMILES string of the molecule is Cc1ccc(Br)cc1C(=O)N1CCCC2(C1)OCCO2. The Morgan fingerprint density at radius 3 is 2.85 bits per heavy atom. The molecule has 0 bridgehead atoms. The van der Waals surface area contributed by atoms with Gasteiger partial charge in [0, 0.05) is 23.0 Å². The van der Waals surface area contributed by atoms with E-state index in [4.69, 9.17) is 9.47 Å². The van der Waals surface area contributed by atoms with Crippen molar-refractivity contribution in [2.75, 3.05) is 26.3 Å². The van der Waals surface area contributed by atoms with Gasteiger partial charge in [0.05, 0.1) is 19.8 Å². The lowest BCUT2D eigenvalue weighted by molar-refractivity contribution is -0.183. The summed E-state index contributed by atoms with van der Waals surface area (Å²) < 4.78 is 12.4. The molecule has 3 rings (SSSR count). The lowest BCUT2D eigenvalue weighted by Crippen LogP contribution is -2.51. The maximum atomic E-state index is 12.7. The maximum Gasteiger partial charge on any atom is 0.254 e. The Morgan fingerprint density at radius 1 is 1.35 bits per heavy atom. The minimum absolute atomic E-state index is 0.0574. The van der Waals surface area contributed by atoms with Crippen LogP contribution in [0.4, 0.5) is 0 Å². The second kappa shape index (κ2) is 5.47. The first kappa shape index (κ1) is 14.0. The van der Waals surface area contributed by atoms with E-state index in [9.17, 15) is 4.79 Å². The molecule has 0 aliphatic carbocycles. The van der Waals surface area contributed by atoms with E-state index < -0.39 is 5.79 Å². The van der Waals surface area contributed by atoms with Crippen molar-refractivity contribution >= 4 is 21.8 Å². The summed E-state index contributed by atoms with van der Waals surface area (Å²) in [6.45, 7) is 4.49. The number of amides is 1. The summed E-state index contributed by atoms with van der Waals surface area (Å²) >= 11 is 3.43. The zero-order chi connectivity index (χ0) is 14.2. The standard InChI is InChI=1S/C15H18BrNO3/c1-11-3-4-12(16)9-13(11)14(18)17-6-2-5-15(10-17)19-7-8-20-15/h3-4,9H,2,5-8,10H2,1H3. The van der Waals surface area contributed by atoms with Crippen LogP contribution in [0.2, 0.25) is 0 Å². The third kappa shape index (κ3) is 2.62. The fourth-order valence-corrected chi connectivity index (χ4v) is 3.25. The summed E-state index contributed by atoms with van der Waals surface area (Å²) in [6.07, 6.45) is 1.78. The number of ether oxygens (including phenoxy) is 2. The topological polar surface area (TPSA) is 38.8 Å². The molecule has 0 unspecified atom stereocenters. The number of halogens is 1. The number of carbonyl (C=O) groups is 1. The van der Waals surface area contributed by atoms with Crippen molar-refractivity contribution in [2.45, 2.75) is 25.6 Å². The van der Waals surface area contributed by atoms with E-state index in [0.717, 1.165) is 35.0 Å². The van der Waals surface area contributed by atoms with E-state index in [-0.39, 0.29) is 5.91 Å². The first-order valence-corrected chi connectivity index (χ1v) is 7.72. The van der Waals surface area contributed by atoms with E-state index in [2.05, 4.69) is 15.9 Å². The average Bonchev–Trinajstić information content (AvgIpc) is 2.88. The Kier molecular flexibility index (Phi) is 3.84. The molecular formula is C15H18BrNO3. The van der Waals surface area contributed by atoms with Gasteiger partial charge in [0.15, 0.2) is 5.79 Å². The fraction of sp³-hybridized carbons (Fsp3) is 0.533. The van der Waals surface area contributed by atoms with Crippen LogP contribution in [0.1, 0.15) is 28.8 Å². The largest absolute Gasteiger partial charge is 0.346 e. The van der Waals surface area contributed by atoms with Gasteiger partial charge in [-0.3, -0.25) is 4.79 Å². The molecule has 2 aliphatic heterocycles. The van der Waals surface area contributed by atoms with Gasteiger partial charge in [-0.15, -0.1) is 0 Å². The van der Waals surface area contributed by atoms with Gasteiger partial charge in [-0.2, -0.15) is 0 Å². The molecule has 2 aliphatic rings. The average molecular weight is 340 g/mol. The van der Waals surface area contributed by atoms with Crippen molar-refractivity contribution in [1.29, 1.82) is 0 Å². The molecule has 0 N–H and O–H groups in total. The summed E-state index contributed by atoms with van der Waals surface area (Å²) in [4.78, 5) is 14.6. The first-order valence-electron chi connectivity index (χ1n) is 6.93. The van der Waals surface area contributed by atoms with E-state index >= 15 is 0 Å². The highest BCUT2D eigenvalue weighted by atomic mass is 79.9. The van der Waals surface area contributed by atoms with Crippen molar-refractivity contribution in [3.8, 4) is 0 Å². The molecule has 1 spiro atoms. The number of carbonyl (C=O) groups excluding carboxylic acids is 1. The van der Waals surface area contributed by atoms with Gasteiger partial charge in [0.25, 0.3) is 5.91 Å². The monoisotopic (exact) mass is 339 g/mol. The molecule has 0 atom stereocenters. The van der Waals surface area contributed by atoms with Crippen molar-refractivity contribution in [3.63, 3.8) is 0 Å². The van der Waals surface area contributed by atoms with Gasteiger partial charge in [0.1, 0.15) is 0 Å². The number of benzene rings is 1. The van der Waals surface area contributed by atoms with Crippen LogP contribution in [0.15, 0.2) is 22.7 Å². The number of rotatable bonds is 1. The van der Waals surface area contributed by atoms with E-state index in [0.29, 0.717) is 19.8 Å². The number of hydrogen-bond donors (Lipinski definition) is 0. The molecule has 2 fully saturated rings. The zero-order valence-corrected chi connectivity index (χ0v) is 13.1. The molecule has 108 valence electrons. The van der Waals surface area contributed by atoms with Crippen molar-refractivity contribution in [3.05, 3.63) is 33.8 Å². The second-order valence-corrected chi connectivity index (χ2v) is 6.31. The molecule has 2 heterocycles. The predicted octanol–water partition coefficient (Wildman–Crippen LogP) is 2.74. The van der Waals surface area contributed by atoms with Crippen LogP contribution < -0.4 is 0 Å². The minimum Gasteiger partial charge on any atom is -0.346 e. The maximum absolute atomic E-state index is 12.7. The van der Waals surface area contributed by atoms with Crippen LogP contribution >= 0.6 is 15.9 Å². The Balaban J connectivity index is 1.81. The number of piperidine rings is 1. The Hall–Kier alpha value is -0.910. The van der Waals surface area contributed by atoms with Crippen LogP contribution in [0.25, 0.3) is 0 Å². The molecule has 5 heteroatoms. The van der Waals surface area contributed by atoms with Crippen LogP contribution in [0.5, 0.6) is 0 Å². The molecule has 0 radical (unpaired) electrons. The van der Waals surface area contributed by atoms with Crippen LogP contribution in [0.3, 0.4) is 0 Å². The van der Waals surface area contributed by atoms with Gasteiger partial charge in [0.2, 0.25) is 0 Å². The summed E-state index contributed by atoms with van der Waals surface area (Å²) in [6, 6.07) is 5.79. The lowest BCUT2D eigenvalue weighted by atomic mass is 10.0. The van der Waals surface area contributed by atoms with Gasteiger partial charge >= 0.3 is 0 Å². The Labute approximate surface area is 127 Å². The van der Waals surface area contributed by atoms with Gasteiger partial charge < -0.3 is 14.4 Å². The Bertz CT molecular complexity index is 526. The smallest absolute Gasteiger partial charge is 0.254 e. The van der Waals surface area contributed by atoms with E-state index in [1.807, 2.05) is 30.0 Å². The van der Waals surface area contributed by atoms with Gasteiger partial charge in [-0.25, -0.2) is 0 Å². The normalized spacial score (nSPS) is 21.4. The first-order chi connectivity index (χ1) is 9.60. The molecular weight excluding hydrogens is 322 g/mol. The van der Waals surface area contributed by atoms with E-state index in [1.54, 1.807) is 0 Å². The van der Waals surface area contributed by atoms with Crippen LogP contribution in [0, 0.1) is 6.92 Å². The van der Waals surface area contributed by atoms with Gasteiger partial charge in [-0.1, -0.05) is 22.0 Å². The van der Waals surface area contributed by atoms with Crippen molar-refractivity contribution < 1.29 is 14.3 Å². The number of nitrogens with zero attached hydrogens (tertiary/aromatic N) is 1. The number of aryl methyl sites for hydroxylation is 1. The number of hydrogen-bond acceptors (Lipinski definition) is 3.